The van der Waals surface area contributed by atoms with E-state index in [2.05, 4.69) is 0 Å². The normalized spacial score (nSPS) is 28.5. The van der Waals surface area contributed by atoms with Gasteiger partial charge < -0.3 is 10.6 Å². The zero-order chi connectivity index (χ0) is 15.0. The minimum atomic E-state index is -0.552. The van der Waals surface area contributed by atoms with Gasteiger partial charge in [-0.1, -0.05) is 6.07 Å². The number of piperidine rings is 1. The number of benzene rings is 1. The summed E-state index contributed by atoms with van der Waals surface area (Å²) >= 11 is 0. The predicted octanol–water partition coefficient (Wildman–Crippen LogP) is 2.41. The molecule has 3 nitrogen and oxygen atoms in total. The molecule has 2 fully saturated rings. The van der Waals surface area contributed by atoms with E-state index in [-0.39, 0.29) is 29.3 Å². The molecule has 0 radical (unpaired) electrons. The summed E-state index contributed by atoms with van der Waals surface area (Å²) in [5.41, 5.74) is 5.80. The van der Waals surface area contributed by atoms with Crippen LogP contribution in [0.5, 0.6) is 0 Å². The molecule has 3 atom stereocenters. The molecule has 3 unspecified atom stereocenters. The Hall–Kier alpha value is -1.49. The summed E-state index contributed by atoms with van der Waals surface area (Å²) < 4.78 is 27.6. The van der Waals surface area contributed by atoms with E-state index < -0.39 is 11.6 Å². The van der Waals surface area contributed by atoms with Crippen LogP contribution in [0.2, 0.25) is 0 Å². The van der Waals surface area contributed by atoms with Gasteiger partial charge >= 0.3 is 0 Å². The van der Waals surface area contributed by atoms with Crippen LogP contribution in [0.25, 0.3) is 0 Å². The number of halogens is 2. The van der Waals surface area contributed by atoms with Crippen molar-refractivity contribution in [2.45, 2.75) is 37.6 Å². The average Bonchev–Trinajstić information content (AvgIpc) is 3.26. The highest BCUT2D eigenvalue weighted by molar-refractivity contribution is 5.83. The first-order valence-corrected chi connectivity index (χ1v) is 7.58. The predicted molar refractivity (Wildman–Crippen MR) is 75.6 cm³/mol. The van der Waals surface area contributed by atoms with Gasteiger partial charge in [0.2, 0.25) is 5.91 Å². The van der Waals surface area contributed by atoms with E-state index in [1.807, 2.05) is 4.90 Å². The topological polar surface area (TPSA) is 46.3 Å². The van der Waals surface area contributed by atoms with Gasteiger partial charge in [0, 0.05) is 36.5 Å². The van der Waals surface area contributed by atoms with E-state index in [1.54, 1.807) is 0 Å². The van der Waals surface area contributed by atoms with E-state index in [0.29, 0.717) is 19.5 Å². The number of nitrogens with zero attached hydrogens (tertiary/aromatic N) is 1. The SMILES string of the molecule is NCC1CCCCN1C(=O)C1CC1c1c(F)cccc1F. The molecule has 0 spiro atoms. The van der Waals surface area contributed by atoms with Crippen LogP contribution in [0.4, 0.5) is 8.78 Å². The molecule has 1 aliphatic heterocycles. The van der Waals surface area contributed by atoms with Gasteiger partial charge in [0.05, 0.1) is 0 Å². The molecular weight excluding hydrogens is 274 g/mol. The van der Waals surface area contributed by atoms with Crippen molar-refractivity contribution >= 4 is 5.91 Å². The van der Waals surface area contributed by atoms with Gasteiger partial charge in [-0.25, -0.2) is 8.78 Å². The third-order valence-corrected chi connectivity index (χ3v) is 4.66. The highest BCUT2D eigenvalue weighted by Crippen LogP contribution is 2.50. The Balaban J connectivity index is 1.74. The van der Waals surface area contributed by atoms with E-state index in [0.717, 1.165) is 19.3 Å². The molecule has 1 aromatic carbocycles. The lowest BCUT2D eigenvalue weighted by Crippen LogP contribution is -2.48. The number of carbonyl (C=O) groups is 1. The van der Waals surface area contributed by atoms with Crippen LogP contribution in [0, 0.1) is 17.6 Å². The molecule has 0 aromatic heterocycles. The molecule has 1 aromatic rings. The smallest absolute Gasteiger partial charge is 0.226 e. The number of hydrogen-bond acceptors (Lipinski definition) is 2. The number of nitrogens with two attached hydrogens (primary N) is 1. The molecule has 21 heavy (non-hydrogen) atoms. The third kappa shape index (κ3) is 2.67. The first kappa shape index (κ1) is 14.4. The van der Waals surface area contributed by atoms with Crippen LogP contribution in [0.3, 0.4) is 0 Å². The Labute approximate surface area is 123 Å². The van der Waals surface area contributed by atoms with E-state index in [1.165, 1.54) is 18.2 Å². The summed E-state index contributed by atoms with van der Waals surface area (Å²) in [6.45, 7) is 1.17. The van der Waals surface area contributed by atoms with Gasteiger partial charge in [0.1, 0.15) is 11.6 Å². The maximum atomic E-state index is 13.8. The van der Waals surface area contributed by atoms with Crippen LogP contribution in [0.15, 0.2) is 18.2 Å². The van der Waals surface area contributed by atoms with Crippen molar-refractivity contribution in [3.8, 4) is 0 Å². The number of likely N-dealkylation sites (tertiary alicyclic amines) is 1. The second-order valence-corrected chi connectivity index (χ2v) is 6.00. The van der Waals surface area contributed by atoms with Crippen molar-refractivity contribution in [3.63, 3.8) is 0 Å². The maximum absolute atomic E-state index is 13.8. The Morgan fingerprint density at radius 2 is 2.00 bits per heavy atom. The summed E-state index contributed by atoms with van der Waals surface area (Å²) in [7, 11) is 0. The van der Waals surface area contributed by atoms with Gasteiger partial charge in [-0.05, 0) is 37.8 Å². The van der Waals surface area contributed by atoms with Crippen molar-refractivity contribution in [1.29, 1.82) is 0 Å². The summed E-state index contributed by atoms with van der Waals surface area (Å²) in [5.74, 6) is -1.70. The third-order valence-electron chi connectivity index (χ3n) is 4.66. The lowest BCUT2D eigenvalue weighted by atomic mass is 10.0. The monoisotopic (exact) mass is 294 g/mol. The van der Waals surface area contributed by atoms with E-state index in [9.17, 15) is 13.6 Å². The minimum absolute atomic E-state index is 0.0119. The molecule has 2 aliphatic rings. The van der Waals surface area contributed by atoms with E-state index in [4.69, 9.17) is 5.73 Å². The van der Waals surface area contributed by atoms with Crippen LogP contribution < -0.4 is 5.73 Å². The summed E-state index contributed by atoms with van der Waals surface area (Å²) in [4.78, 5) is 14.4. The molecule has 0 bridgehead atoms. The van der Waals surface area contributed by atoms with Gasteiger partial charge in [-0.2, -0.15) is 0 Å². The molecule has 3 rings (SSSR count). The summed E-state index contributed by atoms with van der Waals surface area (Å²) in [6, 6.07) is 3.93. The van der Waals surface area contributed by atoms with Gasteiger partial charge in [-0.3, -0.25) is 4.79 Å². The molecule has 1 amide bonds. The number of rotatable bonds is 3. The Morgan fingerprint density at radius 1 is 1.29 bits per heavy atom. The standard InChI is InChI=1S/C16H20F2N2O/c17-13-5-3-6-14(18)15(13)11-8-12(11)16(21)20-7-2-1-4-10(20)9-19/h3,5-6,10-12H,1-2,4,7-9,19H2. The molecule has 1 aliphatic carbocycles. The average molecular weight is 294 g/mol. The Morgan fingerprint density at radius 3 is 2.67 bits per heavy atom. The Kier molecular flexibility index (Phi) is 3.93. The Bertz CT molecular complexity index is 529. The molecular formula is C16H20F2N2O. The van der Waals surface area contributed by atoms with Crippen LogP contribution in [-0.4, -0.2) is 29.9 Å². The van der Waals surface area contributed by atoms with Crippen molar-refractivity contribution in [1.82, 2.24) is 4.90 Å². The first-order valence-electron chi connectivity index (χ1n) is 7.58. The lowest BCUT2D eigenvalue weighted by Gasteiger charge is -2.35. The van der Waals surface area contributed by atoms with Gasteiger partial charge in [0.15, 0.2) is 0 Å². The highest BCUT2D eigenvalue weighted by atomic mass is 19.1. The molecule has 5 heteroatoms. The first-order chi connectivity index (χ1) is 10.1. The molecule has 1 saturated carbocycles. The van der Waals surface area contributed by atoms with Crippen molar-refractivity contribution in [3.05, 3.63) is 35.4 Å². The number of hydrogen-bond donors (Lipinski definition) is 1. The fourth-order valence-corrected chi connectivity index (χ4v) is 3.40. The molecule has 1 saturated heterocycles. The minimum Gasteiger partial charge on any atom is -0.338 e. The lowest BCUT2D eigenvalue weighted by molar-refractivity contribution is -0.136. The number of carbonyl (C=O) groups excluding carboxylic acids is 1. The number of amides is 1. The zero-order valence-corrected chi connectivity index (χ0v) is 11.9. The summed E-state index contributed by atoms with van der Waals surface area (Å²) in [6.07, 6.45) is 3.52. The fraction of sp³-hybridized carbons (Fsp3) is 0.562. The van der Waals surface area contributed by atoms with Crippen LogP contribution >= 0.6 is 0 Å². The molecule has 1 heterocycles. The maximum Gasteiger partial charge on any atom is 0.226 e. The second-order valence-electron chi connectivity index (χ2n) is 6.00. The van der Waals surface area contributed by atoms with Crippen molar-refractivity contribution < 1.29 is 13.6 Å². The quantitative estimate of drug-likeness (QED) is 0.930. The zero-order valence-electron chi connectivity index (χ0n) is 11.9. The highest BCUT2D eigenvalue weighted by Gasteiger charge is 2.49. The van der Waals surface area contributed by atoms with Crippen LogP contribution in [-0.2, 0) is 4.79 Å². The molecule has 2 N–H and O–H groups in total. The van der Waals surface area contributed by atoms with Crippen molar-refractivity contribution in [2.24, 2.45) is 11.7 Å². The van der Waals surface area contributed by atoms with E-state index >= 15 is 0 Å². The van der Waals surface area contributed by atoms with Gasteiger partial charge in [0.25, 0.3) is 0 Å². The summed E-state index contributed by atoms with van der Waals surface area (Å²) in [5, 5.41) is 0. The van der Waals surface area contributed by atoms with Crippen LogP contribution in [0.1, 0.15) is 37.2 Å². The van der Waals surface area contributed by atoms with Gasteiger partial charge in [-0.15, -0.1) is 0 Å². The largest absolute Gasteiger partial charge is 0.338 e. The second kappa shape index (κ2) is 5.72. The molecule has 114 valence electrons. The fourth-order valence-electron chi connectivity index (χ4n) is 3.40. The van der Waals surface area contributed by atoms with Crippen molar-refractivity contribution in [2.75, 3.05) is 13.1 Å².